The van der Waals surface area contributed by atoms with Crippen molar-refractivity contribution in [2.24, 2.45) is 0 Å². The van der Waals surface area contributed by atoms with Crippen LogP contribution in [-0.4, -0.2) is 57.9 Å². The number of methoxy groups -OCH3 is 1. The highest BCUT2D eigenvalue weighted by Gasteiger charge is 2.47. The number of hydrogen-bond donors (Lipinski definition) is 1. The van der Waals surface area contributed by atoms with E-state index in [9.17, 15) is 14.4 Å². The Hall–Kier alpha value is -1.44. The van der Waals surface area contributed by atoms with Crippen LogP contribution < -0.4 is 0 Å². The third-order valence-electron chi connectivity index (χ3n) is 2.30. The number of carbonyl (C=O) groups is 3. The molecule has 2 atom stereocenters. The van der Waals surface area contributed by atoms with Gasteiger partial charge in [0.2, 0.25) is 0 Å². The number of esters is 2. The van der Waals surface area contributed by atoms with Gasteiger partial charge in [0.15, 0.2) is 5.37 Å². The van der Waals surface area contributed by atoms with Crippen molar-refractivity contribution in [1.82, 2.24) is 4.90 Å². The zero-order chi connectivity index (χ0) is 14.8. The zero-order valence-electron chi connectivity index (χ0n) is 11.2. The first kappa shape index (κ1) is 15.6. The van der Waals surface area contributed by atoms with E-state index in [0.717, 1.165) is 16.7 Å². The van der Waals surface area contributed by atoms with Crippen LogP contribution in [0.1, 0.15) is 20.8 Å². The van der Waals surface area contributed by atoms with Crippen molar-refractivity contribution in [2.75, 3.05) is 12.9 Å². The molecule has 0 aromatic heterocycles. The number of thioether (sulfide) groups is 1. The van der Waals surface area contributed by atoms with Gasteiger partial charge in [-0.1, -0.05) is 0 Å². The normalized spacial score (nSPS) is 23.1. The smallest absolute Gasteiger partial charge is 0.409 e. The molecule has 0 bridgehead atoms. The van der Waals surface area contributed by atoms with Crippen molar-refractivity contribution < 1.29 is 29.0 Å². The minimum absolute atomic E-state index is 0.170. The third kappa shape index (κ3) is 3.76. The molecular weight excluding hydrogens is 274 g/mol. The minimum Gasteiger partial charge on any atom is -0.467 e. The van der Waals surface area contributed by atoms with Gasteiger partial charge in [-0.25, -0.2) is 14.4 Å². The number of rotatable bonds is 2. The van der Waals surface area contributed by atoms with E-state index in [0.29, 0.717) is 0 Å². The van der Waals surface area contributed by atoms with Gasteiger partial charge in [-0.3, -0.25) is 4.90 Å². The first-order valence-electron chi connectivity index (χ1n) is 5.61. The second-order valence-electron chi connectivity index (χ2n) is 4.95. The first-order valence-corrected chi connectivity index (χ1v) is 6.66. The largest absolute Gasteiger partial charge is 0.467 e. The summed E-state index contributed by atoms with van der Waals surface area (Å²) in [5, 5.41) is 8.10. The molecule has 1 saturated heterocycles. The van der Waals surface area contributed by atoms with E-state index >= 15 is 0 Å². The summed E-state index contributed by atoms with van der Waals surface area (Å²) in [5.74, 6) is -1.18. The summed E-state index contributed by atoms with van der Waals surface area (Å²) in [6.07, 6.45) is -1.35. The molecule has 1 aliphatic rings. The SMILES string of the molecule is COC(=O)[C@@H]1CS[C@@H](C(=O)OC(C)(C)C)N1C(=O)O. The molecule has 0 aromatic rings. The van der Waals surface area contributed by atoms with Crippen molar-refractivity contribution >= 4 is 29.8 Å². The van der Waals surface area contributed by atoms with Crippen LogP contribution in [0.4, 0.5) is 4.79 Å². The Morgan fingerprint density at radius 2 is 1.84 bits per heavy atom. The highest BCUT2D eigenvalue weighted by Crippen LogP contribution is 2.31. The summed E-state index contributed by atoms with van der Waals surface area (Å²) in [7, 11) is 1.17. The molecule has 1 aliphatic heterocycles. The summed E-state index contributed by atoms with van der Waals surface area (Å²) < 4.78 is 9.68. The van der Waals surface area contributed by atoms with Crippen LogP contribution in [0.2, 0.25) is 0 Å². The number of nitrogens with zero attached hydrogens (tertiary/aromatic N) is 1. The van der Waals surface area contributed by atoms with Crippen molar-refractivity contribution in [1.29, 1.82) is 0 Å². The number of amides is 1. The van der Waals surface area contributed by atoms with Gasteiger partial charge in [0, 0.05) is 5.75 Å². The second kappa shape index (κ2) is 5.68. The van der Waals surface area contributed by atoms with Gasteiger partial charge in [-0.15, -0.1) is 11.8 Å². The molecule has 0 radical (unpaired) electrons. The summed E-state index contributed by atoms with van der Waals surface area (Å²) >= 11 is 1.05. The van der Waals surface area contributed by atoms with Crippen LogP contribution in [0.25, 0.3) is 0 Å². The Morgan fingerprint density at radius 1 is 1.26 bits per heavy atom. The fraction of sp³-hybridized carbons (Fsp3) is 0.727. The average Bonchev–Trinajstić information content (AvgIpc) is 2.70. The Bertz CT molecular complexity index is 391. The lowest BCUT2D eigenvalue weighted by Crippen LogP contribution is -2.49. The summed E-state index contributed by atoms with van der Waals surface area (Å²) in [4.78, 5) is 35.4. The Kier molecular flexibility index (Phi) is 4.67. The molecule has 1 amide bonds. The van der Waals surface area contributed by atoms with Gasteiger partial charge in [0.1, 0.15) is 11.6 Å². The molecule has 0 unspecified atom stereocenters. The van der Waals surface area contributed by atoms with Gasteiger partial charge < -0.3 is 14.6 Å². The van der Waals surface area contributed by atoms with E-state index in [1.165, 1.54) is 7.11 Å². The van der Waals surface area contributed by atoms with Crippen LogP contribution in [0.15, 0.2) is 0 Å². The molecule has 1 rings (SSSR count). The van der Waals surface area contributed by atoms with Gasteiger partial charge in [0.05, 0.1) is 7.11 Å². The number of carbonyl (C=O) groups excluding carboxylic acids is 2. The molecule has 1 fully saturated rings. The molecule has 19 heavy (non-hydrogen) atoms. The molecule has 1 heterocycles. The molecular formula is C11H17NO6S. The lowest BCUT2D eigenvalue weighted by molar-refractivity contribution is -0.158. The van der Waals surface area contributed by atoms with Gasteiger partial charge in [0.25, 0.3) is 0 Å². The molecule has 0 aromatic carbocycles. The maximum Gasteiger partial charge on any atom is 0.409 e. The van der Waals surface area contributed by atoms with Crippen molar-refractivity contribution in [3.8, 4) is 0 Å². The summed E-state index contributed by atoms with van der Waals surface area (Å²) in [6.45, 7) is 5.06. The quantitative estimate of drug-likeness (QED) is 0.756. The average molecular weight is 291 g/mol. The summed E-state index contributed by atoms with van der Waals surface area (Å²) in [6, 6.07) is -0.981. The topological polar surface area (TPSA) is 93.1 Å². The Balaban J connectivity index is 2.88. The fourth-order valence-corrected chi connectivity index (χ4v) is 2.83. The first-order chi connectivity index (χ1) is 8.67. The predicted octanol–water partition coefficient (Wildman–Crippen LogP) is 0.923. The molecule has 0 spiro atoms. The van der Waals surface area contributed by atoms with Crippen LogP contribution in [-0.2, 0) is 19.1 Å². The van der Waals surface area contributed by atoms with E-state index in [4.69, 9.17) is 9.84 Å². The third-order valence-corrected chi connectivity index (χ3v) is 3.55. The highest BCUT2D eigenvalue weighted by atomic mass is 32.2. The predicted molar refractivity (Wildman–Crippen MR) is 67.8 cm³/mol. The number of ether oxygens (including phenoxy) is 2. The van der Waals surface area contributed by atoms with Gasteiger partial charge in [-0.2, -0.15) is 0 Å². The van der Waals surface area contributed by atoms with Crippen LogP contribution >= 0.6 is 11.8 Å². The van der Waals surface area contributed by atoms with Crippen molar-refractivity contribution in [2.45, 2.75) is 37.8 Å². The van der Waals surface area contributed by atoms with E-state index < -0.39 is 35.0 Å². The minimum atomic E-state index is -1.35. The molecule has 0 saturated carbocycles. The van der Waals surface area contributed by atoms with Gasteiger partial charge >= 0.3 is 18.0 Å². The molecule has 0 aliphatic carbocycles. The lowest BCUT2D eigenvalue weighted by Gasteiger charge is -2.27. The monoisotopic (exact) mass is 291 g/mol. The second-order valence-corrected chi connectivity index (χ2v) is 6.06. The molecule has 8 heteroatoms. The number of hydrogen-bond acceptors (Lipinski definition) is 6. The summed E-state index contributed by atoms with van der Waals surface area (Å²) in [5.41, 5.74) is -0.717. The fourth-order valence-electron chi connectivity index (χ4n) is 1.59. The maximum atomic E-state index is 11.9. The lowest BCUT2D eigenvalue weighted by atomic mass is 10.2. The molecule has 108 valence electrons. The molecule has 7 nitrogen and oxygen atoms in total. The van der Waals surface area contributed by atoms with Crippen molar-refractivity contribution in [3.05, 3.63) is 0 Å². The van der Waals surface area contributed by atoms with E-state index in [1.54, 1.807) is 20.8 Å². The van der Waals surface area contributed by atoms with Crippen LogP contribution in [0.3, 0.4) is 0 Å². The Labute approximate surface area is 115 Å². The standard InChI is InChI=1S/C11H17NO6S/c1-11(2,3)18-9(14)7-12(10(15)16)6(5-19-7)8(13)17-4/h6-7H,5H2,1-4H3,(H,15,16)/t6-,7-/m0/s1. The number of carboxylic acid groups (broad SMARTS) is 1. The van der Waals surface area contributed by atoms with Gasteiger partial charge in [-0.05, 0) is 20.8 Å². The zero-order valence-corrected chi connectivity index (χ0v) is 12.0. The van der Waals surface area contributed by atoms with E-state index in [1.807, 2.05) is 0 Å². The van der Waals surface area contributed by atoms with Crippen LogP contribution in [0.5, 0.6) is 0 Å². The van der Waals surface area contributed by atoms with Crippen molar-refractivity contribution in [3.63, 3.8) is 0 Å². The molecule has 1 N–H and O–H groups in total. The maximum absolute atomic E-state index is 11.9. The Morgan fingerprint density at radius 3 is 2.26 bits per heavy atom. The van der Waals surface area contributed by atoms with Crippen LogP contribution in [0, 0.1) is 0 Å². The van der Waals surface area contributed by atoms with E-state index in [2.05, 4.69) is 4.74 Å². The highest BCUT2D eigenvalue weighted by molar-refractivity contribution is 8.00. The van der Waals surface area contributed by atoms with E-state index in [-0.39, 0.29) is 5.75 Å².